The average molecular weight is 382 g/mol. The van der Waals surface area contributed by atoms with Crippen LogP contribution in [0.25, 0.3) is 0 Å². The molecule has 0 bridgehead atoms. The Kier molecular flexibility index (Phi) is 8.68. The first-order valence-corrected chi connectivity index (χ1v) is 10.2. The van der Waals surface area contributed by atoms with Crippen LogP contribution in [0.5, 0.6) is 0 Å². The third kappa shape index (κ3) is 6.77. The molecule has 2 aromatic rings. The van der Waals surface area contributed by atoms with Crippen LogP contribution in [0.2, 0.25) is 0 Å². The number of carbonyl (C=O) groups is 1. The van der Waals surface area contributed by atoms with E-state index in [4.69, 9.17) is 0 Å². The smallest absolute Gasteiger partial charge is 0.251 e. The molecule has 1 amide bonds. The van der Waals surface area contributed by atoms with Gasteiger partial charge in [0.15, 0.2) is 0 Å². The summed E-state index contributed by atoms with van der Waals surface area (Å²) >= 11 is 0. The Hall–Kier alpha value is -2.17. The van der Waals surface area contributed by atoms with Crippen LogP contribution in [0.3, 0.4) is 0 Å². The Bertz CT molecular complexity index is 710. The van der Waals surface area contributed by atoms with E-state index in [0.29, 0.717) is 18.2 Å². The highest BCUT2D eigenvalue weighted by Crippen LogP contribution is 2.11. The zero-order valence-electron chi connectivity index (χ0n) is 18.0. The maximum Gasteiger partial charge on any atom is 0.251 e. The molecular formula is C24H35N3O. The van der Waals surface area contributed by atoms with E-state index in [1.54, 1.807) is 0 Å². The second-order valence-electron chi connectivity index (χ2n) is 7.87. The quantitative estimate of drug-likeness (QED) is 0.680. The first-order chi connectivity index (χ1) is 13.4. The lowest BCUT2D eigenvalue weighted by Crippen LogP contribution is -2.41. The highest BCUT2D eigenvalue weighted by atomic mass is 16.1. The van der Waals surface area contributed by atoms with Crippen molar-refractivity contribution >= 4 is 5.91 Å². The molecule has 0 heterocycles. The third-order valence-electron chi connectivity index (χ3n) is 5.28. The highest BCUT2D eigenvalue weighted by Gasteiger charge is 2.15. The SMILES string of the molecule is CCN(Cc1ccc(C(=O)NCC(Cc2ccccc2)N(C)C)cc1)C(C)C. The normalized spacial score (nSPS) is 12.6. The molecule has 0 saturated carbocycles. The number of nitrogens with zero attached hydrogens (tertiary/aromatic N) is 2. The van der Waals surface area contributed by atoms with E-state index in [9.17, 15) is 4.79 Å². The first-order valence-electron chi connectivity index (χ1n) is 10.2. The van der Waals surface area contributed by atoms with Gasteiger partial charge in [-0.3, -0.25) is 9.69 Å². The van der Waals surface area contributed by atoms with Crippen LogP contribution in [-0.2, 0) is 13.0 Å². The van der Waals surface area contributed by atoms with Gasteiger partial charge in [-0.05, 0) is 64.2 Å². The van der Waals surface area contributed by atoms with E-state index < -0.39 is 0 Å². The van der Waals surface area contributed by atoms with Crippen LogP contribution in [-0.4, -0.2) is 55.0 Å². The Morgan fingerprint density at radius 2 is 1.61 bits per heavy atom. The molecule has 1 N–H and O–H groups in total. The zero-order chi connectivity index (χ0) is 20.5. The van der Waals surface area contributed by atoms with Crippen molar-refractivity contribution in [2.75, 3.05) is 27.2 Å². The molecule has 4 nitrogen and oxygen atoms in total. The Morgan fingerprint density at radius 3 is 2.14 bits per heavy atom. The molecule has 2 rings (SSSR count). The van der Waals surface area contributed by atoms with Crippen LogP contribution < -0.4 is 5.32 Å². The number of carbonyl (C=O) groups excluding carboxylic acids is 1. The van der Waals surface area contributed by atoms with Crippen molar-refractivity contribution in [2.45, 2.75) is 45.8 Å². The third-order valence-corrected chi connectivity index (χ3v) is 5.28. The molecule has 0 spiro atoms. The van der Waals surface area contributed by atoms with Crippen molar-refractivity contribution in [3.8, 4) is 0 Å². The largest absolute Gasteiger partial charge is 0.350 e. The number of benzene rings is 2. The van der Waals surface area contributed by atoms with E-state index in [1.165, 1.54) is 11.1 Å². The minimum absolute atomic E-state index is 0.0114. The predicted molar refractivity (Wildman–Crippen MR) is 118 cm³/mol. The van der Waals surface area contributed by atoms with E-state index in [0.717, 1.165) is 19.5 Å². The molecule has 28 heavy (non-hydrogen) atoms. The lowest BCUT2D eigenvalue weighted by molar-refractivity contribution is 0.0941. The minimum Gasteiger partial charge on any atom is -0.350 e. The molecule has 0 aliphatic rings. The van der Waals surface area contributed by atoms with E-state index in [1.807, 2.05) is 18.2 Å². The van der Waals surface area contributed by atoms with Gasteiger partial charge in [0.2, 0.25) is 0 Å². The van der Waals surface area contributed by atoms with E-state index in [-0.39, 0.29) is 11.9 Å². The monoisotopic (exact) mass is 381 g/mol. The number of likely N-dealkylation sites (N-methyl/N-ethyl adjacent to an activating group) is 1. The Morgan fingerprint density at radius 1 is 0.964 bits per heavy atom. The van der Waals surface area contributed by atoms with Crippen molar-refractivity contribution in [3.63, 3.8) is 0 Å². The van der Waals surface area contributed by atoms with Crippen molar-refractivity contribution < 1.29 is 4.79 Å². The van der Waals surface area contributed by atoms with Gasteiger partial charge >= 0.3 is 0 Å². The van der Waals surface area contributed by atoms with Crippen LogP contribution in [0.15, 0.2) is 54.6 Å². The summed E-state index contributed by atoms with van der Waals surface area (Å²) in [5.74, 6) is -0.0114. The van der Waals surface area contributed by atoms with Gasteiger partial charge in [0.25, 0.3) is 5.91 Å². The fourth-order valence-corrected chi connectivity index (χ4v) is 3.29. The molecule has 1 atom stereocenters. The number of amides is 1. The molecule has 4 heteroatoms. The highest BCUT2D eigenvalue weighted by molar-refractivity contribution is 5.94. The molecule has 0 fully saturated rings. The lowest BCUT2D eigenvalue weighted by atomic mass is 10.0. The van der Waals surface area contributed by atoms with Gasteiger partial charge in [0.05, 0.1) is 0 Å². The summed E-state index contributed by atoms with van der Waals surface area (Å²) in [6.07, 6.45) is 0.912. The van der Waals surface area contributed by atoms with Crippen LogP contribution in [0.1, 0.15) is 42.3 Å². The molecule has 0 saturated heterocycles. The minimum atomic E-state index is -0.0114. The molecule has 2 aromatic carbocycles. The van der Waals surface area contributed by atoms with Gasteiger partial charge in [0, 0.05) is 30.7 Å². The summed E-state index contributed by atoms with van der Waals surface area (Å²) in [7, 11) is 4.12. The molecule has 0 aliphatic heterocycles. The summed E-state index contributed by atoms with van der Waals surface area (Å²) in [6.45, 7) is 9.16. The van der Waals surface area contributed by atoms with Crippen molar-refractivity contribution in [1.82, 2.24) is 15.1 Å². The molecule has 0 aliphatic carbocycles. The van der Waals surface area contributed by atoms with Crippen molar-refractivity contribution in [1.29, 1.82) is 0 Å². The number of hydrogen-bond donors (Lipinski definition) is 1. The van der Waals surface area contributed by atoms with Crippen molar-refractivity contribution in [3.05, 3.63) is 71.3 Å². The summed E-state index contributed by atoms with van der Waals surface area (Å²) in [5, 5.41) is 3.10. The van der Waals surface area contributed by atoms with Crippen LogP contribution in [0.4, 0.5) is 0 Å². The Balaban J connectivity index is 1.92. The standard InChI is InChI=1S/C24H35N3O/c1-6-27(19(2)3)18-21-12-14-22(15-13-21)24(28)25-17-23(26(4)5)16-20-10-8-7-9-11-20/h7-15,19,23H,6,16-18H2,1-5H3,(H,25,28). The topological polar surface area (TPSA) is 35.6 Å². The maximum absolute atomic E-state index is 12.6. The van der Waals surface area contributed by atoms with E-state index >= 15 is 0 Å². The van der Waals surface area contributed by atoms with Gasteiger partial charge in [-0.15, -0.1) is 0 Å². The second kappa shape index (κ2) is 11.0. The van der Waals surface area contributed by atoms with Gasteiger partial charge in [-0.25, -0.2) is 0 Å². The lowest BCUT2D eigenvalue weighted by Gasteiger charge is -2.25. The Labute approximate surface area is 170 Å². The molecule has 152 valence electrons. The van der Waals surface area contributed by atoms with E-state index in [2.05, 4.69) is 86.4 Å². The summed E-state index contributed by atoms with van der Waals surface area (Å²) in [6, 6.07) is 19.2. The van der Waals surface area contributed by atoms with Crippen LogP contribution >= 0.6 is 0 Å². The zero-order valence-corrected chi connectivity index (χ0v) is 18.0. The first kappa shape index (κ1) is 22.1. The van der Waals surface area contributed by atoms with Crippen LogP contribution in [0, 0.1) is 0 Å². The number of nitrogens with one attached hydrogen (secondary N) is 1. The molecule has 0 radical (unpaired) electrons. The summed E-state index contributed by atoms with van der Waals surface area (Å²) < 4.78 is 0. The molecule has 0 aromatic heterocycles. The predicted octanol–water partition coefficient (Wildman–Crippen LogP) is 3.82. The number of hydrogen-bond acceptors (Lipinski definition) is 3. The fourth-order valence-electron chi connectivity index (χ4n) is 3.29. The summed E-state index contributed by atoms with van der Waals surface area (Å²) in [5.41, 5.74) is 3.24. The second-order valence-corrected chi connectivity index (χ2v) is 7.87. The molecule has 1 unspecified atom stereocenters. The summed E-state index contributed by atoms with van der Waals surface area (Å²) in [4.78, 5) is 17.2. The van der Waals surface area contributed by atoms with Gasteiger partial charge < -0.3 is 10.2 Å². The fraction of sp³-hybridized carbons (Fsp3) is 0.458. The average Bonchev–Trinajstić information content (AvgIpc) is 2.69. The van der Waals surface area contributed by atoms with Crippen molar-refractivity contribution in [2.24, 2.45) is 0 Å². The number of rotatable bonds is 10. The van der Waals surface area contributed by atoms with Gasteiger partial charge in [0.1, 0.15) is 0 Å². The maximum atomic E-state index is 12.6. The van der Waals surface area contributed by atoms with Gasteiger partial charge in [-0.2, -0.15) is 0 Å². The molecular weight excluding hydrogens is 346 g/mol. The van der Waals surface area contributed by atoms with Gasteiger partial charge in [-0.1, -0.05) is 49.4 Å².